The largest absolute Gasteiger partial charge is 0.352 e. The molecule has 4 nitrogen and oxygen atoms in total. The Labute approximate surface area is 105 Å². The molecule has 17 heavy (non-hydrogen) atoms. The highest BCUT2D eigenvalue weighted by molar-refractivity contribution is 5.76. The van der Waals surface area contributed by atoms with Crippen LogP contribution in [0.2, 0.25) is 0 Å². The summed E-state index contributed by atoms with van der Waals surface area (Å²) in [7, 11) is 0. The van der Waals surface area contributed by atoms with Crippen LogP contribution in [0.5, 0.6) is 0 Å². The number of carbonyl (C=O) groups excluding carboxylic acids is 1. The number of amides is 1. The van der Waals surface area contributed by atoms with Crippen LogP contribution >= 0.6 is 0 Å². The number of rotatable bonds is 9. The van der Waals surface area contributed by atoms with E-state index in [1.807, 2.05) is 0 Å². The third-order valence-corrected chi connectivity index (χ3v) is 3.20. The van der Waals surface area contributed by atoms with E-state index < -0.39 is 0 Å². The monoisotopic (exact) mass is 241 g/mol. The van der Waals surface area contributed by atoms with E-state index >= 15 is 0 Å². The van der Waals surface area contributed by atoms with Crippen molar-refractivity contribution in [3.05, 3.63) is 0 Å². The zero-order valence-corrected chi connectivity index (χ0v) is 11.5. The first-order valence-electron chi connectivity index (χ1n) is 6.90. The fraction of sp³-hybridized carbons (Fsp3) is 0.923. The summed E-state index contributed by atoms with van der Waals surface area (Å²) in [5.41, 5.74) is 0. The Bertz CT molecular complexity index is 225. The van der Waals surface area contributed by atoms with Crippen LogP contribution < -0.4 is 10.6 Å². The van der Waals surface area contributed by atoms with E-state index in [9.17, 15) is 4.79 Å². The third-order valence-electron chi connectivity index (χ3n) is 3.20. The molecule has 2 N–H and O–H groups in total. The van der Waals surface area contributed by atoms with Gasteiger partial charge in [0.05, 0.1) is 0 Å². The second-order valence-corrected chi connectivity index (χ2v) is 4.93. The summed E-state index contributed by atoms with van der Waals surface area (Å²) in [6, 6.07) is 0.930. The fourth-order valence-electron chi connectivity index (χ4n) is 1.94. The van der Waals surface area contributed by atoms with Crippen LogP contribution in [-0.2, 0) is 4.79 Å². The molecule has 0 aromatic rings. The van der Waals surface area contributed by atoms with Crippen molar-refractivity contribution in [3.8, 4) is 0 Å². The molecule has 100 valence electrons. The molecule has 0 heterocycles. The minimum atomic E-state index is 0.165. The maximum Gasteiger partial charge on any atom is 0.221 e. The molecule has 1 saturated carbocycles. The minimum absolute atomic E-state index is 0.165. The summed E-state index contributed by atoms with van der Waals surface area (Å²) < 4.78 is 0. The molecule has 0 saturated heterocycles. The molecule has 1 aliphatic carbocycles. The van der Waals surface area contributed by atoms with Crippen LogP contribution in [0.4, 0.5) is 0 Å². The van der Waals surface area contributed by atoms with Crippen molar-refractivity contribution < 1.29 is 4.79 Å². The van der Waals surface area contributed by atoms with Gasteiger partial charge < -0.3 is 15.5 Å². The molecule has 0 bridgehead atoms. The lowest BCUT2D eigenvalue weighted by Gasteiger charge is -2.23. The molecule has 4 heteroatoms. The number of nitrogens with one attached hydrogen (secondary N) is 2. The van der Waals surface area contributed by atoms with E-state index in [0.29, 0.717) is 12.5 Å². The molecular weight excluding hydrogens is 214 g/mol. The van der Waals surface area contributed by atoms with E-state index in [1.54, 1.807) is 0 Å². The predicted molar refractivity (Wildman–Crippen MR) is 71.0 cm³/mol. The van der Waals surface area contributed by atoms with Gasteiger partial charge in [-0.2, -0.15) is 0 Å². The van der Waals surface area contributed by atoms with Gasteiger partial charge in [-0.05, 0) is 32.9 Å². The predicted octanol–water partition coefficient (Wildman–Crippen LogP) is 0.975. The fourth-order valence-corrected chi connectivity index (χ4v) is 1.94. The number of carbonyl (C=O) groups is 1. The molecule has 1 amide bonds. The topological polar surface area (TPSA) is 44.4 Å². The summed E-state index contributed by atoms with van der Waals surface area (Å²) in [6.07, 6.45) is 3.15. The van der Waals surface area contributed by atoms with Crippen LogP contribution in [-0.4, -0.2) is 49.1 Å². The van der Waals surface area contributed by atoms with Gasteiger partial charge in [-0.3, -0.25) is 4.79 Å². The molecule has 1 aliphatic rings. The number of hydrogen-bond donors (Lipinski definition) is 2. The van der Waals surface area contributed by atoms with Crippen LogP contribution in [0, 0.1) is 0 Å². The Kier molecular flexibility index (Phi) is 6.52. The Balaban J connectivity index is 2.06. The molecule has 1 unspecified atom stereocenters. The maximum atomic E-state index is 11.6. The second-order valence-electron chi connectivity index (χ2n) is 4.93. The normalized spacial score (nSPS) is 17.2. The van der Waals surface area contributed by atoms with E-state index in [1.165, 1.54) is 12.8 Å². The summed E-state index contributed by atoms with van der Waals surface area (Å²) in [5, 5.41) is 6.41. The van der Waals surface area contributed by atoms with Gasteiger partial charge in [0.15, 0.2) is 0 Å². The molecule has 0 aromatic carbocycles. The van der Waals surface area contributed by atoms with Crippen molar-refractivity contribution in [3.63, 3.8) is 0 Å². The third kappa shape index (κ3) is 6.64. The first-order valence-corrected chi connectivity index (χ1v) is 6.90. The first-order chi connectivity index (χ1) is 8.15. The van der Waals surface area contributed by atoms with Crippen LogP contribution in [0.25, 0.3) is 0 Å². The number of hydrogen-bond acceptors (Lipinski definition) is 3. The van der Waals surface area contributed by atoms with Crippen LogP contribution in [0.1, 0.15) is 40.0 Å². The van der Waals surface area contributed by atoms with Gasteiger partial charge in [0, 0.05) is 31.6 Å². The summed E-state index contributed by atoms with van der Waals surface area (Å²) in [5.74, 6) is 0.165. The molecule has 1 fully saturated rings. The van der Waals surface area contributed by atoms with Crippen molar-refractivity contribution in [2.45, 2.75) is 52.1 Å². The minimum Gasteiger partial charge on any atom is -0.352 e. The Hall–Kier alpha value is -0.610. The lowest BCUT2D eigenvalue weighted by molar-refractivity contribution is -0.121. The standard InChI is InChI=1S/C13H27N3O/c1-4-16(5-2)10-11(3)15-13(17)8-9-14-12-6-7-12/h11-12,14H,4-10H2,1-3H3,(H,15,17). The van der Waals surface area contributed by atoms with Crippen LogP contribution in [0.3, 0.4) is 0 Å². The van der Waals surface area contributed by atoms with Gasteiger partial charge in [-0.15, -0.1) is 0 Å². The highest BCUT2D eigenvalue weighted by atomic mass is 16.1. The zero-order chi connectivity index (χ0) is 12.7. The SMILES string of the molecule is CCN(CC)CC(C)NC(=O)CCNC1CC1. The smallest absolute Gasteiger partial charge is 0.221 e. The molecular formula is C13H27N3O. The highest BCUT2D eigenvalue weighted by Gasteiger charge is 2.20. The summed E-state index contributed by atoms with van der Waals surface area (Å²) >= 11 is 0. The van der Waals surface area contributed by atoms with Gasteiger partial charge in [-0.25, -0.2) is 0 Å². The highest BCUT2D eigenvalue weighted by Crippen LogP contribution is 2.18. The quantitative estimate of drug-likeness (QED) is 0.632. The molecule has 0 radical (unpaired) electrons. The van der Waals surface area contributed by atoms with E-state index in [-0.39, 0.29) is 11.9 Å². The average molecular weight is 241 g/mol. The molecule has 0 spiro atoms. The first kappa shape index (κ1) is 14.5. The van der Waals surface area contributed by atoms with E-state index in [2.05, 4.69) is 36.3 Å². The van der Waals surface area contributed by atoms with Gasteiger partial charge in [0.25, 0.3) is 0 Å². The number of nitrogens with zero attached hydrogens (tertiary/aromatic N) is 1. The molecule has 0 aliphatic heterocycles. The summed E-state index contributed by atoms with van der Waals surface area (Å²) in [4.78, 5) is 14.0. The van der Waals surface area contributed by atoms with Gasteiger partial charge >= 0.3 is 0 Å². The zero-order valence-electron chi connectivity index (χ0n) is 11.5. The van der Waals surface area contributed by atoms with Crippen molar-refractivity contribution in [2.24, 2.45) is 0 Å². The van der Waals surface area contributed by atoms with Crippen LogP contribution in [0.15, 0.2) is 0 Å². The molecule has 1 atom stereocenters. The van der Waals surface area contributed by atoms with E-state index in [0.717, 1.165) is 26.2 Å². The maximum absolute atomic E-state index is 11.6. The van der Waals surface area contributed by atoms with Gasteiger partial charge in [-0.1, -0.05) is 13.8 Å². The van der Waals surface area contributed by atoms with Crippen molar-refractivity contribution in [1.29, 1.82) is 0 Å². The summed E-state index contributed by atoms with van der Waals surface area (Å²) in [6.45, 7) is 10.2. The Morgan fingerprint density at radius 2 is 2.00 bits per heavy atom. The molecule has 1 rings (SSSR count). The van der Waals surface area contributed by atoms with Gasteiger partial charge in [0.2, 0.25) is 5.91 Å². The molecule has 0 aromatic heterocycles. The second kappa shape index (κ2) is 7.67. The average Bonchev–Trinajstić information content (AvgIpc) is 3.09. The lowest BCUT2D eigenvalue weighted by atomic mass is 10.2. The van der Waals surface area contributed by atoms with Gasteiger partial charge in [0.1, 0.15) is 0 Å². The number of likely N-dealkylation sites (N-methyl/N-ethyl adjacent to an activating group) is 1. The van der Waals surface area contributed by atoms with Crippen molar-refractivity contribution >= 4 is 5.91 Å². The lowest BCUT2D eigenvalue weighted by Crippen LogP contribution is -2.42. The van der Waals surface area contributed by atoms with Crippen molar-refractivity contribution in [1.82, 2.24) is 15.5 Å². The Morgan fingerprint density at radius 1 is 1.35 bits per heavy atom. The van der Waals surface area contributed by atoms with Crippen molar-refractivity contribution in [2.75, 3.05) is 26.2 Å². The van der Waals surface area contributed by atoms with E-state index in [4.69, 9.17) is 0 Å². The Morgan fingerprint density at radius 3 is 2.53 bits per heavy atom.